The highest BCUT2D eigenvalue weighted by Gasteiger charge is 2.39. The highest BCUT2D eigenvalue weighted by Crippen LogP contribution is 2.33. The smallest absolute Gasteiger partial charge is 0.289 e. The van der Waals surface area contributed by atoms with Gasteiger partial charge < -0.3 is 14.6 Å². The van der Waals surface area contributed by atoms with Crippen molar-refractivity contribution in [3.8, 4) is 5.75 Å². The number of likely N-dealkylation sites (tertiary alicyclic amines) is 1. The van der Waals surface area contributed by atoms with Gasteiger partial charge in [0.15, 0.2) is 0 Å². The minimum Gasteiger partial charge on any atom is -0.497 e. The SMILES string of the molecule is COc1ccc(CN2CC3Cc4nnc(C(=O)NC5CC5)n4CC3C2)cc1. The minimum atomic E-state index is -0.0669. The van der Waals surface area contributed by atoms with Gasteiger partial charge in [0.25, 0.3) is 5.91 Å². The van der Waals surface area contributed by atoms with Gasteiger partial charge in [-0.25, -0.2) is 0 Å². The molecule has 1 amide bonds. The molecular weight excluding hydrogens is 342 g/mol. The van der Waals surface area contributed by atoms with Crippen molar-refractivity contribution < 1.29 is 9.53 Å². The zero-order valence-electron chi connectivity index (χ0n) is 15.6. The lowest BCUT2D eigenvalue weighted by Gasteiger charge is -2.25. The first-order valence-corrected chi connectivity index (χ1v) is 9.78. The molecule has 142 valence electrons. The van der Waals surface area contributed by atoms with Crippen LogP contribution in [0.3, 0.4) is 0 Å². The van der Waals surface area contributed by atoms with E-state index < -0.39 is 0 Å². The molecule has 1 aromatic heterocycles. The molecule has 3 heterocycles. The van der Waals surface area contributed by atoms with Crippen LogP contribution in [0.25, 0.3) is 0 Å². The van der Waals surface area contributed by atoms with E-state index in [2.05, 4.69) is 37.1 Å². The van der Waals surface area contributed by atoms with Gasteiger partial charge in [-0.05, 0) is 42.4 Å². The molecule has 0 spiro atoms. The Morgan fingerprint density at radius 1 is 1.15 bits per heavy atom. The molecule has 1 aliphatic carbocycles. The molecule has 2 aromatic rings. The van der Waals surface area contributed by atoms with E-state index in [0.29, 0.717) is 23.7 Å². The third kappa shape index (κ3) is 3.32. The lowest BCUT2D eigenvalue weighted by Crippen LogP contribution is -2.33. The summed E-state index contributed by atoms with van der Waals surface area (Å²) in [4.78, 5) is 14.9. The molecular formula is C20H25N5O2. The summed E-state index contributed by atoms with van der Waals surface area (Å²) in [6.07, 6.45) is 3.07. The molecule has 0 bridgehead atoms. The van der Waals surface area contributed by atoms with Crippen molar-refractivity contribution in [2.24, 2.45) is 11.8 Å². The fourth-order valence-corrected chi connectivity index (χ4v) is 4.39. The molecule has 2 unspecified atom stereocenters. The van der Waals surface area contributed by atoms with Crippen LogP contribution in [0.5, 0.6) is 5.75 Å². The van der Waals surface area contributed by atoms with E-state index in [1.54, 1.807) is 7.11 Å². The summed E-state index contributed by atoms with van der Waals surface area (Å²) >= 11 is 0. The first-order chi connectivity index (χ1) is 13.2. The highest BCUT2D eigenvalue weighted by atomic mass is 16.5. The molecule has 1 saturated carbocycles. The zero-order valence-corrected chi connectivity index (χ0v) is 15.6. The summed E-state index contributed by atoms with van der Waals surface area (Å²) in [6, 6.07) is 8.65. The lowest BCUT2D eigenvalue weighted by molar-refractivity contribution is 0.0932. The minimum absolute atomic E-state index is 0.0669. The van der Waals surface area contributed by atoms with Gasteiger partial charge in [0.05, 0.1) is 7.11 Å². The Balaban J connectivity index is 1.25. The molecule has 2 atom stereocenters. The van der Waals surface area contributed by atoms with Gasteiger partial charge in [-0.3, -0.25) is 9.69 Å². The van der Waals surface area contributed by atoms with Crippen molar-refractivity contribution in [3.63, 3.8) is 0 Å². The number of hydrogen-bond acceptors (Lipinski definition) is 5. The van der Waals surface area contributed by atoms with Crippen molar-refractivity contribution in [1.82, 2.24) is 25.0 Å². The van der Waals surface area contributed by atoms with Crippen LogP contribution in [-0.2, 0) is 19.5 Å². The van der Waals surface area contributed by atoms with Gasteiger partial charge >= 0.3 is 0 Å². The fourth-order valence-electron chi connectivity index (χ4n) is 4.39. The first kappa shape index (κ1) is 16.7. The molecule has 2 aliphatic heterocycles. The Labute approximate surface area is 158 Å². The average molecular weight is 367 g/mol. The Bertz CT molecular complexity index is 843. The van der Waals surface area contributed by atoms with Crippen LogP contribution in [0.2, 0.25) is 0 Å². The number of methoxy groups -OCH3 is 1. The number of carbonyl (C=O) groups is 1. The standard InChI is InChI=1S/C20H25N5O2/c1-27-17-6-2-13(3-7-17)9-24-10-14-8-18-22-23-19(20(26)21-16-4-5-16)25(18)12-15(14)11-24/h2-3,6-7,14-16H,4-5,8-12H2,1H3,(H,21,26). The van der Waals surface area contributed by atoms with E-state index in [9.17, 15) is 4.79 Å². The fraction of sp³-hybridized carbons (Fsp3) is 0.550. The number of rotatable bonds is 5. The van der Waals surface area contributed by atoms with Gasteiger partial charge in [0.2, 0.25) is 5.82 Å². The van der Waals surface area contributed by atoms with Crippen LogP contribution < -0.4 is 10.1 Å². The number of amides is 1. The predicted octanol–water partition coefficient (Wildman–Crippen LogP) is 1.48. The molecule has 27 heavy (non-hydrogen) atoms. The summed E-state index contributed by atoms with van der Waals surface area (Å²) < 4.78 is 7.29. The van der Waals surface area contributed by atoms with Crippen LogP contribution in [0.1, 0.15) is 34.8 Å². The van der Waals surface area contributed by atoms with Gasteiger partial charge in [-0.15, -0.1) is 10.2 Å². The molecule has 7 nitrogen and oxygen atoms in total. The van der Waals surface area contributed by atoms with Crippen molar-refractivity contribution in [2.75, 3.05) is 20.2 Å². The summed E-state index contributed by atoms with van der Waals surface area (Å²) in [5.41, 5.74) is 1.30. The maximum Gasteiger partial charge on any atom is 0.289 e. The third-order valence-corrected chi connectivity index (χ3v) is 6.02. The lowest BCUT2D eigenvalue weighted by atomic mass is 9.89. The number of carbonyl (C=O) groups excluding carboxylic acids is 1. The molecule has 3 aliphatic rings. The van der Waals surface area contributed by atoms with E-state index in [0.717, 1.165) is 57.0 Å². The molecule has 0 radical (unpaired) electrons. The van der Waals surface area contributed by atoms with E-state index in [4.69, 9.17) is 4.74 Å². The Kier molecular flexibility index (Phi) is 4.11. The van der Waals surface area contributed by atoms with Crippen LogP contribution >= 0.6 is 0 Å². The van der Waals surface area contributed by atoms with E-state index in [1.807, 2.05) is 12.1 Å². The van der Waals surface area contributed by atoms with Crippen LogP contribution in [0, 0.1) is 11.8 Å². The van der Waals surface area contributed by atoms with E-state index in [1.165, 1.54) is 5.56 Å². The monoisotopic (exact) mass is 367 g/mol. The number of aromatic nitrogens is 3. The van der Waals surface area contributed by atoms with E-state index >= 15 is 0 Å². The van der Waals surface area contributed by atoms with Crippen LogP contribution in [-0.4, -0.2) is 51.8 Å². The normalized spacial score (nSPS) is 24.3. The Morgan fingerprint density at radius 3 is 2.67 bits per heavy atom. The summed E-state index contributed by atoms with van der Waals surface area (Å²) in [5.74, 6) is 3.43. The third-order valence-electron chi connectivity index (χ3n) is 6.02. The molecule has 7 heteroatoms. The predicted molar refractivity (Wildman–Crippen MR) is 99.5 cm³/mol. The first-order valence-electron chi connectivity index (χ1n) is 9.78. The van der Waals surface area contributed by atoms with Crippen molar-refractivity contribution in [2.45, 2.75) is 38.4 Å². The number of benzene rings is 1. The molecule has 1 N–H and O–H groups in total. The summed E-state index contributed by atoms with van der Waals surface area (Å²) in [6.45, 7) is 3.93. The number of fused-ring (bicyclic) bond motifs is 2. The number of nitrogens with zero attached hydrogens (tertiary/aromatic N) is 4. The molecule has 1 aromatic carbocycles. The van der Waals surface area contributed by atoms with E-state index in [-0.39, 0.29) is 5.91 Å². The largest absolute Gasteiger partial charge is 0.497 e. The van der Waals surface area contributed by atoms with Crippen molar-refractivity contribution in [3.05, 3.63) is 41.5 Å². The number of ether oxygens (including phenoxy) is 1. The molecule has 5 rings (SSSR count). The quantitative estimate of drug-likeness (QED) is 0.867. The maximum absolute atomic E-state index is 12.4. The van der Waals surface area contributed by atoms with Crippen molar-refractivity contribution in [1.29, 1.82) is 0 Å². The second kappa shape index (κ2) is 6.64. The van der Waals surface area contributed by atoms with Gasteiger partial charge in [-0.2, -0.15) is 0 Å². The Morgan fingerprint density at radius 2 is 1.93 bits per heavy atom. The second-order valence-corrected chi connectivity index (χ2v) is 8.06. The van der Waals surface area contributed by atoms with Gasteiger partial charge in [0, 0.05) is 38.6 Å². The molecule has 1 saturated heterocycles. The van der Waals surface area contributed by atoms with Crippen molar-refractivity contribution >= 4 is 5.91 Å². The van der Waals surface area contributed by atoms with Gasteiger partial charge in [0.1, 0.15) is 11.6 Å². The average Bonchev–Trinajstić information content (AvgIpc) is 3.25. The Hall–Kier alpha value is -2.41. The van der Waals surface area contributed by atoms with Crippen LogP contribution in [0.4, 0.5) is 0 Å². The number of nitrogens with one attached hydrogen (secondary N) is 1. The summed E-state index contributed by atoms with van der Waals surface area (Å²) in [7, 11) is 1.69. The van der Waals surface area contributed by atoms with Crippen LogP contribution in [0.15, 0.2) is 24.3 Å². The van der Waals surface area contributed by atoms with Gasteiger partial charge in [-0.1, -0.05) is 12.1 Å². The number of hydrogen-bond donors (Lipinski definition) is 1. The maximum atomic E-state index is 12.4. The molecule has 2 fully saturated rings. The topological polar surface area (TPSA) is 72.3 Å². The summed E-state index contributed by atoms with van der Waals surface area (Å²) in [5, 5.41) is 11.5. The zero-order chi connectivity index (χ0) is 18.4. The second-order valence-electron chi connectivity index (χ2n) is 8.06. The highest BCUT2D eigenvalue weighted by molar-refractivity contribution is 5.91.